The van der Waals surface area contributed by atoms with Crippen LogP contribution in [0.25, 0.3) is 0 Å². The summed E-state index contributed by atoms with van der Waals surface area (Å²) in [5, 5.41) is 12.1. The molecule has 1 fully saturated rings. The molecule has 4 N–H and O–H groups in total. The molecule has 15 heteroatoms. The van der Waals surface area contributed by atoms with Gasteiger partial charge in [0.15, 0.2) is 11.5 Å². The van der Waals surface area contributed by atoms with Crippen molar-refractivity contribution in [2.24, 2.45) is 5.73 Å². The van der Waals surface area contributed by atoms with E-state index in [1.54, 1.807) is 16.8 Å². The number of primary amides is 1. The quantitative estimate of drug-likeness (QED) is 0.370. The largest absolute Gasteiger partial charge is 0.430 e. The van der Waals surface area contributed by atoms with Crippen molar-refractivity contribution in [2.75, 3.05) is 30.4 Å². The van der Waals surface area contributed by atoms with E-state index in [2.05, 4.69) is 21.9 Å². The number of halogens is 6. The number of carbonyl (C=O) groups excluding carboxylic acids is 2. The number of benzene rings is 1. The standard InChI is InChI=1S/C22H22F6N6O3/c1-3-16(35)34-9-8-14(11-34)33(2)15-10-30-17(18(29)36)19(32-15)31-13-6-4-12(5-7-13)20(37,21(23,24)25)22(26,27)28/h3-7,10,14,37H,1,8-9,11H2,2H3,(H2,29,36)(H,31,32). The first-order chi connectivity index (χ1) is 17.1. The predicted octanol–water partition coefficient (Wildman–Crippen LogP) is 2.85. The summed E-state index contributed by atoms with van der Waals surface area (Å²) in [6.45, 7) is 4.29. The highest BCUT2D eigenvalue weighted by molar-refractivity contribution is 5.96. The fourth-order valence-corrected chi connectivity index (χ4v) is 3.81. The smallest absolute Gasteiger partial charge is 0.369 e. The third-order valence-electron chi connectivity index (χ3n) is 5.94. The van der Waals surface area contributed by atoms with Gasteiger partial charge >= 0.3 is 12.4 Å². The van der Waals surface area contributed by atoms with Crippen LogP contribution in [-0.4, -0.2) is 70.3 Å². The van der Waals surface area contributed by atoms with Gasteiger partial charge in [-0.2, -0.15) is 26.3 Å². The number of carbonyl (C=O) groups is 2. The van der Waals surface area contributed by atoms with Gasteiger partial charge in [0.25, 0.3) is 11.5 Å². The van der Waals surface area contributed by atoms with Gasteiger partial charge in [0.2, 0.25) is 5.91 Å². The number of aromatic nitrogens is 2. The normalized spacial score (nSPS) is 16.4. The molecular weight excluding hydrogens is 510 g/mol. The molecule has 0 saturated carbocycles. The Labute approximate surface area is 206 Å². The van der Waals surface area contributed by atoms with E-state index in [9.17, 15) is 41.0 Å². The molecule has 1 atom stereocenters. The minimum absolute atomic E-state index is 0.0596. The molecule has 0 aliphatic carbocycles. The molecule has 1 aromatic carbocycles. The number of nitrogens with one attached hydrogen (secondary N) is 1. The minimum Gasteiger partial charge on any atom is -0.369 e. The highest BCUT2D eigenvalue weighted by atomic mass is 19.4. The first-order valence-corrected chi connectivity index (χ1v) is 10.6. The third-order valence-corrected chi connectivity index (χ3v) is 5.94. The number of likely N-dealkylation sites (N-methyl/N-ethyl adjacent to an activating group) is 1. The first kappa shape index (κ1) is 27.7. The number of alkyl halides is 6. The summed E-state index contributed by atoms with van der Waals surface area (Å²) in [4.78, 5) is 35.3. The zero-order chi connectivity index (χ0) is 27.8. The van der Waals surface area contributed by atoms with Crippen molar-refractivity contribution in [1.82, 2.24) is 14.9 Å². The van der Waals surface area contributed by atoms with E-state index >= 15 is 0 Å². The summed E-state index contributed by atoms with van der Waals surface area (Å²) in [5.74, 6) is -1.18. The molecule has 9 nitrogen and oxygen atoms in total. The van der Waals surface area contributed by atoms with E-state index in [-0.39, 0.29) is 35.0 Å². The SMILES string of the molecule is C=CC(=O)N1CCC(N(C)c2cnc(C(N)=O)c(Nc3ccc(C(O)(C(F)(F)F)C(F)(F)F)cc3)n2)C1. The number of hydrogen-bond donors (Lipinski definition) is 3. The van der Waals surface area contributed by atoms with E-state index in [1.807, 2.05) is 0 Å². The molecule has 0 bridgehead atoms. The topological polar surface area (TPSA) is 125 Å². The number of amides is 2. The fraction of sp³-hybridized carbons (Fsp3) is 0.364. The molecule has 200 valence electrons. The lowest BCUT2D eigenvalue weighted by Gasteiger charge is -2.32. The van der Waals surface area contributed by atoms with Crippen molar-refractivity contribution < 1.29 is 41.0 Å². The number of nitrogens with two attached hydrogens (primary N) is 1. The maximum atomic E-state index is 13.1. The van der Waals surface area contributed by atoms with Crippen molar-refractivity contribution >= 4 is 29.1 Å². The van der Waals surface area contributed by atoms with Crippen molar-refractivity contribution in [3.63, 3.8) is 0 Å². The van der Waals surface area contributed by atoms with Gasteiger partial charge in [-0.15, -0.1) is 0 Å². The minimum atomic E-state index is -6.03. The summed E-state index contributed by atoms with van der Waals surface area (Å²) in [6.07, 6.45) is -9.01. The molecule has 2 aromatic rings. The van der Waals surface area contributed by atoms with E-state index in [0.29, 0.717) is 31.6 Å². The van der Waals surface area contributed by atoms with Gasteiger partial charge in [-0.05, 0) is 24.6 Å². The highest BCUT2D eigenvalue weighted by Crippen LogP contribution is 2.50. The predicted molar refractivity (Wildman–Crippen MR) is 120 cm³/mol. The van der Waals surface area contributed by atoms with Gasteiger partial charge < -0.3 is 26.0 Å². The first-order valence-electron chi connectivity index (χ1n) is 10.6. The van der Waals surface area contributed by atoms with Gasteiger partial charge in [-0.1, -0.05) is 18.7 Å². The molecule has 1 aliphatic rings. The van der Waals surface area contributed by atoms with Gasteiger partial charge in [0, 0.05) is 37.4 Å². The molecule has 0 spiro atoms. The van der Waals surface area contributed by atoms with Crippen LogP contribution in [0.2, 0.25) is 0 Å². The molecule has 1 aromatic heterocycles. The lowest BCUT2D eigenvalue weighted by atomic mass is 9.92. The summed E-state index contributed by atoms with van der Waals surface area (Å²) >= 11 is 0. The average molecular weight is 532 g/mol. The average Bonchev–Trinajstić information content (AvgIpc) is 3.31. The van der Waals surface area contributed by atoms with Gasteiger partial charge in [0.05, 0.1) is 6.20 Å². The summed E-state index contributed by atoms with van der Waals surface area (Å²) in [7, 11) is 1.67. The second-order valence-electron chi connectivity index (χ2n) is 8.24. The summed E-state index contributed by atoms with van der Waals surface area (Å²) in [6, 6.07) is 2.42. The maximum Gasteiger partial charge on any atom is 0.430 e. The molecule has 2 amide bonds. The van der Waals surface area contributed by atoms with Crippen LogP contribution in [0.15, 0.2) is 43.1 Å². The molecular formula is C22H22F6N6O3. The Hall–Kier alpha value is -3.88. The zero-order valence-electron chi connectivity index (χ0n) is 19.3. The summed E-state index contributed by atoms with van der Waals surface area (Å²) in [5.41, 5.74) is -1.60. The van der Waals surface area contributed by atoms with E-state index < -0.39 is 29.4 Å². The van der Waals surface area contributed by atoms with Crippen LogP contribution in [0, 0.1) is 0 Å². The second kappa shape index (κ2) is 9.88. The fourth-order valence-electron chi connectivity index (χ4n) is 3.81. The summed E-state index contributed by atoms with van der Waals surface area (Å²) < 4.78 is 78.8. The number of rotatable bonds is 7. The van der Waals surface area contributed by atoms with Crippen molar-refractivity contribution in [2.45, 2.75) is 30.4 Å². The van der Waals surface area contributed by atoms with Crippen LogP contribution in [-0.2, 0) is 10.4 Å². The van der Waals surface area contributed by atoms with Gasteiger partial charge in [-0.3, -0.25) is 9.59 Å². The van der Waals surface area contributed by atoms with Gasteiger partial charge in [0.1, 0.15) is 5.82 Å². The van der Waals surface area contributed by atoms with Crippen molar-refractivity contribution in [3.05, 3.63) is 54.4 Å². The Bertz CT molecular complexity index is 1170. The third kappa shape index (κ3) is 5.30. The van der Waals surface area contributed by atoms with Gasteiger partial charge in [-0.25, -0.2) is 9.97 Å². The van der Waals surface area contributed by atoms with Crippen molar-refractivity contribution in [3.8, 4) is 0 Å². The second-order valence-corrected chi connectivity index (χ2v) is 8.24. The molecule has 2 heterocycles. The lowest BCUT2D eigenvalue weighted by molar-refractivity contribution is -0.376. The van der Waals surface area contributed by atoms with Crippen LogP contribution in [0.1, 0.15) is 22.5 Å². The number of nitrogens with zero attached hydrogens (tertiary/aromatic N) is 4. The van der Waals surface area contributed by atoms with Crippen LogP contribution in [0.3, 0.4) is 0 Å². The number of hydrogen-bond acceptors (Lipinski definition) is 7. The Morgan fingerprint density at radius 3 is 2.30 bits per heavy atom. The highest BCUT2D eigenvalue weighted by Gasteiger charge is 2.71. The Morgan fingerprint density at radius 1 is 1.19 bits per heavy atom. The van der Waals surface area contributed by atoms with E-state index in [4.69, 9.17) is 5.73 Å². The molecule has 3 rings (SSSR count). The van der Waals surface area contributed by atoms with Crippen LogP contribution >= 0.6 is 0 Å². The zero-order valence-corrected chi connectivity index (χ0v) is 19.3. The molecule has 0 radical (unpaired) electrons. The Kier molecular flexibility index (Phi) is 7.40. The monoisotopic (exact) mass is 532 g/mol. The Morgan fingerprint density at radius 2 is 1.78 bits per heavy atom. The molecule has 1 unspecified atom stereocenters. The van der Waals surface area contributed by atoms with Crippen LogP contribution in [0.5, 0.6) is 0 Å². The maximum absolute atomic E-state index is 13.1. The Balaban J connectivity index is 1.89. The van der Waals surface area contributed by atoms with Crippen LogP contribution in [0.4, 0.5) is 43.7 Å². The van der Waals surface area contributed by atoms with E-state index in [0.717, 1.165) is 12.1 Å². The number of aliphatic hydroxyl groups is 1. The van der Waals surface area contributed by atoms with E-state index in [1.165, 1.54) is 12.3 Å². The molecule has 1 saturated heterocycles. The molecule has 37 heavy (non-hydrogen) atoms. The number of anilines is 3. The van der Waals surface area contributed by atoms with Crippen LogP contribution < -0.4 is 16.0 Å². The molecule has 1 aliphatic heterocycles. The number of likely N-dealkylation sites (tertiary alicyclic amines) is 1. The van der Waals surface area contributed by atoms with Crippen molar-refractivity contribution in [1.29, 1.82) is 0 Å². The lowest BCUT2D eigenvalue weighted by Crippen LogP contribution is -2.53.